The molecule has 1 rings (SSSR count). The van der Waals surface area contributed by atoms with E-state index in [1.165, 1.54) is 12.8 Å². The molecular formula is C13H17O. The Balaban J connectivity index is 2.12. The molecule has 0 aliphatic rings. The Bertz CT molecular complexity index is 251. The molecule has 0 unspecified atom stereocenters. The molecule has 0 saturated carbocycles. The maximum absolute atomic E-state index is 5.48. The highest BCUT2D eigenvalue weighted by atomic mass is 16.5. The van der Waals surface area contributed by atoms with Crippen LogP contribution in [0.25, 0.3) is 0 Å². The number of rotatable bonds is 6. The normalized spacial score (nSPS) is 10.6. The van der Waals surface area contributed by atoms with Gasteiger partial charge < -0.3 is 4.74 Å². The maximum atomic E-state index is 5.48. The molecule has 0 aliphatic heterocycles. The number of benzene rings is 1. The third-order valence-electron chi connectivity index (χ3n) is 1.92. The molecule has 0 heterocycles. The minimum Gasteiger partial charge on any atom is -0.490 e. The van der Waals surface area contributed by atoms with Crippen LogP contribution in [0.3, 0.4) is 0 Å². The number of hydrogen-bond donors (Lipinski definition) is 0. The largest absolute Gasteiger partial charge is 0.490 e. The van der Waals surface area contributed by atoms with Gasteiger partial charge in [-0.05, 0) is 24.6 Å². The average Bonchev–Trinajstić information content (AvgIpc) is 2.25. The molecule has 0 atom stereocenters. The molecule has 0 fully saturated rings. The van der Waals surface area contributed by atoms with Gasteiger partial charge in [0.2, 0.25) is 0 Å². The zero-order chi connectivity index (χ0) is 10.1. The monoisotopic (exact) mass is 189 g/mol. The second-order valence-corrected chi connectivity index (χ2v) is 3.16. The van der Waals surface area contributed by atoms with Gasteiger partial charge in [0.1, 0.15) is 12.4 Å². The van der Waals surface area contributed by atoms with Crippen LogP contribution in [0.5, 0.6) is 5.75 Å². The molecule has 1 radical (unpaired) electrons. The van der Waals surface area contributed by atoms with Gasteiger partial charge >= 0.3 is 0 Å². The lowest BCUT2D eigenvalue weighted by Gasteiger charge is -2.00. The van der Waals surface area contributed by atoms with Crippen molar-refractivity contribution in [3.05, 3.63) is 42.5 Å². The third-order valence-corrected chi connectivity index (χ3v) is 1.92. The number of unbranched alkanes of at least 4 members (excludes halogenated alkanes) is 2. The zero-order valence-corrected chi connectivity index (χ0v) is 8.70. The average molecular weight is 189 g/mol. The van der Waals surface area contributed by atoms with Gasteiger partial charge in [-0.1, -0.05) is 44.1 Å². The highest BCUT2D eigenvalue weighted by molar-refractivity contribution is 5.20. The first-order valence-electron chi connectivity index (χ1n) is 5.17. The summed E-state index contributed by atoms with van der Waals surface area (Å²) >= 11 is 0. The van der Waals surface area contributed by atoms with Gasteiger partial charge in [0.25, 0.3) is 0 Å². The third kappa shape index (κ3) is 4.70. The fourth-order valence-electron chi connectivity index (χ4n) is 1.12. The standard InChI is InChI=1S/C13H17O/c1-2-3-4-5-9-12-14-13-10-7-6-8-11-13/h5,7-11H,2-4,12H2,1H3/b9-5+. The predicted molar refractivity (Wildman–Crippen MR) is 59.4 cm³/mol. The molecule has 1 aromatic carbocycles. The maximum Gasteiger partial charge on any atom is 0.119 e. The summed E-state index contributed by atoms with van der Waals surface area (Å²) in [6, 6.07) is 10.5. The van der Waals surface area contributed by atoms with Crippen LogP contribution in [-0.2, 0) is 0 Å². The van der Waals surface area contributed by atoms with E-state index in [0.717, 1.165) is 12.2 Å². The van der Waals surface area contributed by atoms with Crippen molar-refractivity contribution in [2.75, 3.05) is 6.61 Å². The summed E-state index contributed by atoms with van der Waals surface area (Å²) < 4.78 is 5.48. The van der Waals surface area contributed by atoms with Crippen LogP contribution < -0.4 is 4.74 Å². The Morgan fingerprint density at radius 3 is 2.79 bits per heavy atom. The molecule has 1 aromatic rings. The molecule has 0 bridgehead atoms. The van der Waals surface area contributed by atoms with E-state index in [0.29, 0.717) is 6.61 Å². The lowest BCUT2D eigenvalue weighted by Crippen LogP contribution is -1.92. The lowest BCUT2D eigenvalue weighted by molar-refractivity contribution is 0.362. The van der Waals surface area contributed by atoms with Gasteiger partial charge in [-0.2, -0.15) is 0 Å². The summed E-state index contributed by atoms with van der Waals surface area (Å²) in [5, 5.41) is 0. The van der Waals surface area contributed by atoms with Crippen molar-refractivity contribution in [3.8, 4) is 5.75 Å². The lowest BCUT2D eigenvalue weighted by atomic mass is 10.2. The fourth-order valence-corrected chi connectivity index (χ4v) is 1.12. The topological polar surface area (TPSA) is 9.23 Å². The van der Waals surface area contributed by atoms with Gasteiger partial charge in [-0.25, -0.2) is 0 Å². The van der Waals surface area contributed by atoms with Gasteiger partial charge in [0.15, 0.2) is 0 Å². The Morgan fingerprint density at radius 2 is 2.07 bits per heavy atom. The van der Waals surface area contributed by atoms with Gasteiger partial charge in [-0.3, -0.25) is 0 Å². The first-order chi connectivity index (χ1) is 6.93. The van der Waals surface area contributed by atoms with Crippen molar-refractivity contribution in [1.82, 2.24) is 0 Å². The molecule has 0 aliphatic carbocycles. The molecule has 0 aromatic heterocycles. The molecule has 1 heteroatoms. The molecule has 0 amide bonds. The minimum absolute atomic E-state index is 0.660. The highest BCUT2D eigenvalue weighted by Gasteiger charge is 1.86. The molecule has 1 nitrogen and oxygen atoms in total. The molecule has 0 spiro atoms. The van der Waals surface area contributed by atoms with Crippen LogP contribution in [0.4, 0.5) is 0 Å². The molecular weight excluding hydrogens is 172 g/mol. The smallest absolute Gasteiger partial charge is 0.119 e. The predicted octanol–water partition coefficient (Wildman–Crippen LogP) is 3.61. The molecule has 14 heavy (non-hydrogen) atoms. The van der Waals surface area contributed by atoms with Crippen molar-refractivity contribution < 1.29 is 4.74 Å². The summed E-state index contributed by atoms with van der Waals surface area (Å²) in [4.78, 5) is 0. The van der Waals surface area contributed by atoms with Crippen molar-refractivity contribution in [2.24, 2.45) is 0 Å². The van der Waals surface area contributed by atoms with Gasteiger partial charge in [-0.15, -0.1) is 0 Å². The van der Waals surface area contributed by atoms with E-state index >= 15 is 0 Å². The van der Waals surface area contributed by atoms with Crippen LogP contribution >= 0.6 is 0 Å². The van der Waals surface area contributed by atoms with Crippen molar-refractivity contribution >= 4 is 0 Å². The summed E-state index contributed by atoms with van der Waals surface area (Å²) in [6.45, 7) is 2.86. The Kier molecular flexibility index (Phi) is 5.57. The minimum atomic E-state index is 0.660. The summed E-state index contributed by atoms with van der Waals surface area (Å²) in [5.74, 6) is 0.906. The summed E-state index contributed by atoms with van der Waals surface area (Å²) in [6.07, 6.45) is 7.92. The first-order valence-corrected chi connectivity index (χ1v) is 5.17. The van der Waals surface area contributed by atoms with E-state index < -0.39 is 0 Å². The van der Waals surface area contributed by atoms with Crippen molar-refractivity contribution in [3.63, 3.8) is 0 Å². The van der Waals surface area contributed by atoms with Crippen molar-refractivity contribution in [1.29, 1.82) is 0 Å². The SMILES string of the molecule is CCCC/C=C/COc1cc[c]cc1. The molecule has 0 saturated heterocycles. The first kappa shape index (κ1) is 10.8. The van der Waals surface area contributed by atoms with Crippen LogP contribution in [0, 0.1) is 6.07 Å². The number of allylic oxidation sites excluding steroid dienone is 1. The molecule has 0 N–H and O–H groups in total. The molecule has 75 valence electrons. The van der Waals surface area contributed by atoms with E-state index in [4.69, 9.17) is 4.74 Å². The van der Waals surface area contributed by atoms with E-state index in [1.54, 1.807) is 0 Å². The fraction of sp³-hybridized carbons (Fsp3) is 0.385. The Labute approximate surface area is 86.4 Å². The second kappa shape index (κ2) is 7.19. The Hall–Kier alpha value is -1.24. The van der Waals surface area contributed by atoms with Crippen molar-refractivity contribution in [2.45, 2.75) is 26.2 Å². The van der Waals surface area contributed by atoms with E-state index in [2.05, 4.69) is 25.1 Å². The van der Waals surface area contributed by atoms with Gasteiger partial charge in [0, 0.05) is 0 Å². The number of hydrogen-bond acceptors (Lipinski definition) is 1. The van der Waals surface area contributed by atoms with E-state index in [-0.39, 0.29) is 0 Å². The number of ether oxygens (including phenoxy) is 1. The summed E-state index contributed by atoms with van der Waals surface area (Å²) in [5.41, 5.74) is 0. The Morgan fingerprint density at radius 1 is 1.29 bits per heavy atom. The van der Waals surface area contributed by atoms with Crippen LogP contribution in [0.1, 0.15) is 26.2 Å². The second-order valence-electron chi connectivity index (χ2n) is 3.16. The zero-order valence-electron chi connectivity index (χ0n) is 8.70. The van der Waals surface area contributed by atoms with E-state index in [1.807, 2.05) is 24.3 Å². The highest BCUT2D eigenvalue weighted by Crippen LogP contribution is 2.07. The van der Waals surface area contributed by atoms with Crippen LogP contribution in [-0.4, -0.2) is 6.61 Å². The summed E-state index contributed by atoms with van der Waals surface area (Å²) in [7, 11) is 0. The quantitative estimate of drug-likeness (QED) is 0.490. The van der Waals surface area contributed by atoms with Crippen LogP contribution in [0.15, 0.2) is 36.4 Å². The van der Waals surface area contributed by atoms with Crippen LogP contribution in [0.2, 0.25) is 0 Å². The van der Waals surface area contributed by atoms with E-state index in [9.17, 15) is 0 Å². The van der Waals surface area contributed by atoms with Gasteiger partial charge in [0.05, 0.1) is 0 Å².